The molecule has 7 heteroatoms. The maximum absolute atomic E-state index is 13.1. The zero-order valence-electron chi connectivity index (χ0n) is 18.6. The van der Waals surface area contributed by atoms with Gasteiger partial charge in [-0.25, -0.2) is 0 Å². The first-order chi connectivity index (χ1) is 15.4. The molecule has 0 saturated carbocycles. The van der Waals surface area contributed by atoms with E-state index in [-0.39, 0.29) is 17.4 Å². The quantitative estimate of drug-likeness (QED) is 0.425. The van der Waals surface area contributed by atoms with Crippen LogP contribution in [0.1, 0.15) is 30.0 Å². The first kappa shape index (κ1) is 21.9. The fourth-order valence-corrected chi connectivity index (χ4v) is 4.28. The highest BCUT2D eigenvalue weighted by molar-refractivity contribution is 6.46. The lowest BCUT2D eigenvalue weighted by Crippen LogP contribution is -2.36. The van der Waals surface area contributed by atoms with E-state index < -0.39 is 17.7 Å². The number of ketones is 1. The van der Waals surface area contributed by atoms with Crippen LogP contribution in [0.2, 0.25) is 0 Å². The molecule has 0 radical (unpaired) electrons. The number of rotatable bonds is 6. The number of hydrogen-bond acceptors (Lipinski definition) is 6. The molecule has 4 rings (SSSR count). The summed E-state index contributed by atoms with van der Waals surface area (Å²) in [6.07, 6.45) is 1.66. The van der Waals surface area contributed by atoms with Crippen LogP contribution in [-0.2, 0) is 14.3 Å². The molecular weight excluding hydrogens is 408 g/mol. The lowest BCUT2D eigenvalue weighted by Gasteiger charge is -2.28. The second kappa shape index (κ2) is 9.04. The minimum absolute atomic E-state index is 0.0933. The molecule has 2 heterocycles. The number of aliphatic hydroxyl groups is 1. The number of aliphatic hydroxyl groups excluding tert-OH is 1. The minimum atomic E-state index is -0.683. The van der Waals surface area contributed by atoms with Crippen molar-refractivity contribution in [1.82, 2.24) is 4.90 Å². The van der Waals surface area contributed by atoms with Gasteiger partial charge in [0.05, 0.1) is 24.8 Å². The van der Waals surface area contributed by atoms with Crippen LogP contribution in [0.5, 0.6) is 5.75 Å². The molecule has 2 saturated heterocycles. The van der Waals surface area contributed by atoms with E-state index in [1.165, 1.54) is 4.90 Å². The number of carbonyl (C=O) groups is 2. The van der Waals surface area contributed by atoms with Crippen LogP contribution in [0.4, 0.5) is 5.69 Å². The molecular formula is C25H28N2O5. The van der Waals surface area contributed by atoms with Gasteiger partial charge >= 0.3 is 0 Å². The Bertz CT molecular complexity index is 1020. The summed E-state index contributed by atoms with van der Waals surface area (Å²) in [4.78, 5) is 29.7. The number of Topliss-reactive ketones (excluding diaryl/α,β-unsaturated/α-hetero) is 1. The Labute approximate surface area is 187 Å². The SMILES string of the molecule is COc1ccc(/C(O)=C2\C(=O)C(=O)N(C[C@H]3CCCO3)[C@H]2c2ccc(N(C)C)cc2)cc1. The van der Waals surface area contributed by atoms with Gasteiger partial charge in [0.2, 0.25) is 0 Å². The Balaban J connectivity index is 1.79. The molecule has 2 aromatic rings. The number of methoxy groups -OCH3 is 1. The highest BCUT2D eigenvalue weighted by atomic mass is 16.5. The summed E-state index contributed by atoms with van der Waals surface area (Å²) in [5, 5.41) is 11.1. The molecule has 168 valence electrons. The van der Waals surface area contributed by atoms with Crippen LogP contribution in [0.15, 0.2) is 54.1 Å². The lowest BCUT2D eigenvalue weighted by atomic mass is 9.95. The fraction of sp³-hybridized carbons (Fsp3) is 0.360. The van der Waals surface area contributed by atoms with Crippen molar-refractivity contribution >= 4 is 23.1 Å². The minimum Gasteiger partial charge on any atom is -0.507 e. The second-order valence-electron chi connectivity index (χ2n) is 8.30. The van der Waals surface area contributed by atoms with Crippen LogP contribution < -0.4 is 9.64 Å². The van der Waals surface area contributed by atoms with E-state index in [9.17, 15) is 14.7 Å². The lowest BCUT2D eigenvalue weighted by molar-refractivity contribution is -0.140. The molecule has 0 aliphatic carbocycles. The number of carbonyl (C=O) groups excluding carboxylic acids is 2. The van der Waals surface area contributed by atoms with Gasteiger partial charge in [0.15, 0.2) is 0 Å². The maximum Gasteiger partial charge on any atom is 0.295 e. The molecule has 0 aromatic heterocycles. The largest absolute Gasteiger partial charge is 0.507 e. The highest BCUT2D eigenvalue weighted by Crippen LogP contribution is 2.40. The van der Waals surface area contributed by atoms with E-state index in [1.807, 2.05) is 43.3 Å². The number of anilines is 1. The molecule has 2 fully saturated rings. The van der Waals surface area contributed by atoms with E-state index in [2.05, 4.69) is 0 Å². The number of nitrogens with zero attached hydrogens (tertiary/aromatic N) is 2. The van der Waals surface area contributed by atoms with E-state index in [4.69, 9.17) is 9.47 Å². The topological polar surface area (TPSA) is 79.3 Å². The number of benzene rings is 2. The molecule has 2 aromatic carbocycles. The smallest absolute Gasteiger partial charge is 0.295 e. The molecule has 1 amide bonds. The standard InChI is InChI=1S/C25H28N2O5/c1-26(2)18-10-6-16(7-11-18)22-21(23(28)17-8-12-19(31-3)13-9-17)24(29)25(30)27(22)15-20-5-4-14-32-20/h6-13,20,22,28H,4-5,14-15H2,1-3H3/b23-21+/t20-,22+/m1/s1. The summed E-state index contributed by atoms with van der Waals surface area (Å²) in [5.74, 6) is -0.853. The van der Waals surface area contributed by atoms with Crippen LogP contribution in [0.3, 0.4) is 0 Å². The van der Waals surface area contributed by atoms with Crippen LogP contribution in [0.25, 0.3) is 5.76 Å². The van der Waals surface area contributed by atoms with Gasteiger partial charge in [0.1, 0.15) is 11.5 Å². The predicted octanol–water partition coefficient (Wildman–Crippen LogP) is 3.36. The molecule has 2 aliphatic heterocycles. The molecule has 0 spiro atoms. The third-order valence-corrected chi connectivity index (χ3v) is 6.05. The maximum atomic E-state index is 13.1. The van der Waals surface area contributed by atoms with Crippen molar-refractivity contribution < 1.29 is 24.2 Å². The van der Waals surface area contributed by atoms with Gasteiger partial charge in [0.25, 0.3) is 11.7 Å². The van der Waals surface area contributed by atoms with Crippen molar-refractivity contribution in [3.05, 3.63) is 65.2 Å². The first-order valence-electron chi connectivity index (χ1n) is 10.7. The van der Waals surface area contributed by atoms with Crippen LogP contribution in [0, 0.1) is 0 Å². The summed E-state index contributed by atoms with van der Waals surface area (Å²) in [7, 11) is 5.45. The molecule has 0 unspecified atom stereocenters. The monoisotopic (exact) mass is 436 g/mol. The average Bonchev–Trinajstić information content (AvgIpc) is 3.41. The first-order valence-corrected chi connectivity index (χ1v) is 10.7. The molecule has 7 nitrogen and oxygen atoms in total. The van der Waals surface area contributed by atoms with E-state index in [0.717, 1.165) is 24.1 Å². The third kappa shape index (κ3) is 4.08. The summed E-state index contributed by atoms with van der Waals surface area (Å²) >= 11 is 0. The number of likely N-dealkylation sites (tertiary alicyclic amines) is 1. The Morgan fingerprint density at radius 1 is 1.12 bits per heavy atom. The van der Waals surface area contributed by atoms with Gasteiger partial charge < -0.3 is 24.4 Å². The number of amides is 1. The molecule has 2 atom stereocenters. The van der Waals surface area contributed by atoms with Gasteiger partial charge in [-0.05, 0) is 54.8 Å². The Kier molecular flexibility index (Phi) is 6.19. The normalized spacial score (nSPS) is 22.4. The zero-order chi connectivity index (χ0) is 22.8. The summed E-state index contributed by atoms with van der Waals surface area (Å²) in [6, 6.07) is 13.8. The zero-order valence-corrected chi connectivity index (χ0v) is 18.6. The molecule has 1 N–H and O–H groups in total. The van der Waals surface area contributed by atoms with Crippen molar-refractivity contribution in [2.45, 2.75) is 25.0 Å². The number of hydrogen-bond donors (Lipinski definition) is 1. The van der Waals surface area contributed by atoms with Gasteiger partial charge in [-0.3, -0.25) is 9.59 Å². The Hall–Kier alpha value is -3.32. The van der Waals surface area contributed by atoms with Crippen molar-refractivity contribution in [2.75, 3.05) is 39.3 Å². The van der Waals surface area contributed by atoms with Crippen molar-refractivity contribution in [3.63, 3.8) is 0 Å². The average molecular weight is 437 g/mol. The third-order valence-electron chi connectivity index (χ3n) is 6.05. The predicted molar refractivity (Wildman–Crippen MR) is 122 cm³/mol. The van der Waals surface area contributed by atoms with Gasteiger partial charge in [0, 0.05) is 38.5 Å². The van der Waals surface area contributed by atoms with Crippen LogP contribution >= 0.6 is 0 Å². The fourth-order valence-electron chi connectivity index (χ4n) is 4.28. The van der Waals surface area contributed by atoms with Gasteiger partial charge in [-0.2, -0.15) is 0 Å². The van der Waals surface area contributed by atoms with Crippen LogP contribution in [-0.4, -0.2) is 62.2 Å². The Morgan fingerprint density at radius 3 is 2.38 bits per heavy atom. The Morgan fingerprint density at radius 2 is 1.81 bits per heavy atom. The van der Waals surface area contributed by atoms with Crippen molar-refractivity contribution in [3.8, 4) is 5.75 Å². The van der Waals surface area contributed by atoms with E-state index in [0.29, 0.717) is 24.5 Å². The van der Waals surface area contributed by atoms with Gasteiger partial charge in [-0.1, -0.05) is 12.1 Å². The highest BCUT2D eigenvalue weighted by Gasteiger charge is 2.47. The van der Waals surface area contributed by atoms with Crippen molar-refractivity contribution in [2.24, 2.45) is 0 Å². The molecule has 0 bridgehead atoms. The van der Waals surface area contributed by atoms with Gasteiger partial charge in [-0.15, -0.1) is 0 Å². The summed E-state index contributed by atoms with van der Waals surface area (Å²) in [5.41, 5.74) is 2.31. The molecule has 32 heavy (non-hydrogen) atoms. The summed E-state index contributed by atoms with van der Waals surface area (Å²) in [6.45, 7) is 0.965. The molecule has 2 aliphatic rings. The van der Waals surface area contributed by atoms with E-state index in [1.54, 1.807) is 31.4 Å². The van der Waals surface area contributed by atoms with E-state index >= 15 is 0 Å². The second-order valence-corrected chi connectivity index (χ2v) is 8.30. The van der Waals surface area contributed by atoms with Crippen molar-refractivity contribution in [1.29, 1.82) is 0 Å². The number of ether oxygens (including phenoxy) is 2. The summed E-state index contributed by atoms with van der Waals surface area (Å²) < 4.78 is 10.9.